The molecule has 3 N–H and O–H groups in total. The van der Waals surface area contributed by atoms with Crippen molar-refractivity contribution in [2.75, 3.05) is 30.7 Å². The molecular weight excluding hydrogens is 281 g/mol. The van der Waals surface area contributed by atoms with Gasteiger partial charge in [-0.2, -0.15) is 13.2 Å². The van der Waals surface area contributed by atoms with Crippen molar-refractivity contribution in [3.63, 3.8) is 0 Å². The van der Waals surface area contributed by atoms with E-state index in [1.807, 2.05) is 0 Å². The number of anilines is 2. The van der Waals surface area contributed by atoms with Crippen molar-refractivity contribution in [1.82, 2.24) is 9.88 Å². The second kappa shape index (κ2) is 6.51. The molecule has 2 rings (SSSR count). The van der Waals surface area contributed by atoms with Gasteiger partial charge in [0, 0.05) is 12.6 Å². The summed E-state index contributed by atoms with van der Waals surface area (Å²) in [6.07, 6.45) is 0.210. The zero-order chi connectivity index (χ0) is 15.5. The Morgan fingerprint density at radius 2 is 2.00 bits per heavy atom. The van der Waals surface area contributed by atoms with E-state index in [9.17, 15) is 13.2 Å². The van der Waals surface area contributed by atoms with Gasteiger partial charge in [-0.3, -0.25) is 4.90 Å². The van der Waals surface area contributed by atoms with E-state index in [2.05, 4.69) is 22.1 Å². The van der Waals surface area contributed by atoms with Crippen LogP contribution in [0.15, 0.2) is 12.3 Å². The minimum atomic E-state index is -4.46. The lowest BCUT2D eigenvalue weighted by atomic mass is 10.1. The van der Waals surface area contributed by atoms with Crippen LogP contribution in [-0.2, 0) is 6.18 Å². The molecule has 1 aromatic heterocycles. The number of hydrogen-bond acceptors (Lipinski definition) is 4. The quantitative estimate of drug-likeness (QED) is 0.898. The lowest BCUT2D eigenvalue weighted by Crippen LogP contribution is -2.41. The number of alkyl halides is 3. The summed E-state index contributed by atoms with van der Waals surface area (Å²) in [4.78, 5) is 5.67. The highest BCUT2D eigenvalue weighted by Gasteiger charge is 2.33. The fraction of sp³-hybridized carbons (Fsp3) is 0.643. The third kappa shape index (κ3) is 4.23. The normalized spacial score (nSPS) is 18.5. The number of pyridine rings is 1. The number of nitrogens with one attached hydrogen (secondary N) is 1. The second-order valence-corrected chi connectivity index (χ2v) is 5.48. The summed E-state index contributed by atoms with van der Waals surface area (Å²) in [5.74, 6) is 0. The Hall–Kier alpha value is -1.50. The van der Waals surface area contributed by atoms with Crippen LogP contribution in [-0.4, -0.2) is 35.6 Å². The molecule has 1 unspecified atom stereocenters. The lowest BCUT2D eigenvalue weighted by molar-refractivity contribution is -0.141. The van der Waals surface area contributed by atoms with Crippen molar-refractivity contribution < 1.29 is 13.2 Å². The molecule has 2 heterocycles. The number of nitrogens with zero attached hydrogens (tertiary/aromatic N) is 2. The molecule has 0 saturated carbocycles. The molecule has 0 radical (unpaired) electrons. The van der Waals surface area contributed by atoms with E-state index in [0.29, 0.717) is 12.2 Å². The Balaban J connectivity index is 1.98. The van der Waals surface area contributed by atoms with Gasteiger partial charge in [-0.15, -0.1) is 0 Å². The van der Waals surface area contributed by atoms with Gasteiger partial charge in [0.2, 0.25) is 0 Å². The number of nitrogen functional groups attached to an aromatic ring is 1. The monoisotopic (exact) mass is 302 g/mol. The van der Waals surface area contributed by atoms with Crippen LogP contribution in [0.25, 0.3) is 0 Å². The molecule has 1 saturated heterocycles. The molecular formula is C14H21F3N4. The first-order chi connectivity index (χ1) is 9.88. The van der Waals surface area contributed by atoms with Crippen molar-refractivity contribution in [2.45, 2.75) is 38.4 Å². The Bertz CT molecular complexity index is 470. The maximum atomic E-state index is 12.6. The molecule has 4 nitrogen and oxygen atoms in total. The predicted molar refractivity (Wildman–Crippen MR) is 77.0 cm³/mol. The molecule has 0 bridgehead atoms. The Kier molecular flexibility index (Phi) is 4.92. The summed E-state index contributed by atoms with van der Waals surface area (Å²) < 4.78 is 37.9. The van der Waals surface area contributed by atoms with Crippen LogP contribution in [0, 0.1) is 0 Å². The molecule has 118 valence electrons. The fourth-order valence-corrected chi connectivity index (χ4v) is 2.52. The van der Waals surface area contributed by atoms with Gasteiger partial charge in [-0.1, -0.05) is 6.42 Å². The molecule has 0 amide bonds. The summed E-state index contributed by atoms with van der Waals surface area (Å²) >= 11 is 0. The number of likely N-dealkylation sites (tertiary alicyclic amines) is 1. The molecule has 1 aromatic rings. The molecule has 21 heavy (non-hydrogen) atoms. The molecule has 0 aromatic carbocycles. The van der Waals surface area contributed by atoms with Crippen LogP contribution < -0.4 is 11.1 Å². The first-order valence-electron chi connectivity index (χ1n) is 7.18. The molecule has 1 fully saturated rings. The minimum Gasteiger partial charge on any atom is -0.396 e. The molecule has 0 aliphatic carbocycles. The van der Waals surface area contributed by atoms with Gasteiger partial charge in [0.25, 0.3) is 0 Å². The number of rotatable bonds is 4. The van der Waals surface area contributed by atoms with Crippen LogP contribution in [0.4, 0.5) is 24.5 Å². The summed E-state index contributed by atoms with van der Waals surface area (Å²) in [6, 6.07) is 1.23. The smallest absolute Gasteiger partial charge is 0.396 e. The highest BCUT2D eigenvalue weighted by Crippen LogP contribution is 2.31. The number of nitrogens with two attached hydrogens (primary N) is 1. The van der Waals surface area contributed by atoms with Crippen LogP contribution in [0.1, 0.15) is 31.9 Å². The van der Waals surface area contributed by atoms with Crippen molar-refractivity contribution in [3.8, 4) is 0 Å². The minimum absolute atomic E-state index is 0.230. The van der Waals surface area contributed by atoms with Gasteiger partial charge in [0.05, 0.1) is 17.6 Å². The van der Waals surface area contributed by atoms with E-state index < -0.39 is 11.9 Å². The van der Waals surface area contributed by atoms with Gasteiger partial charge in [-0.25, -0.2) is 4.98 Å². The summed E-state index contributed by atoms with van der Waals surface area (Å²) in [5.41, 5.74) is 5.29. The first kappa shape index (κ1) is 15.9. The van der Waals surface area contributed by atoms with Crippen LogP contribution in [0.2, 0.25) is 0 Å². The number of hydrogen-bond donors (Lipinski definition) is 2. The number of piperidine rings is 1. The van der Waals surface area contributed by atoms with Crippen molar-refractivity contribution >= 4 is 11.4 Å². The summed E-state index contributed by atoms with van der Waals surface area (Å²) in [5, 5.41) is 3.02. The van der Waals surface area contributed by atoms with Gasteiger partial charge < -0.3 is 11.1 Å². The Morgan fingerprint density at radius 3 is 2.62 bits per heavy atom. The predicted octanol–water partition coefficient (Wildman–Crippen LogP) is 2.97. The van der Waals surface area contributed by atoms with E-state index in [1.165, 1.54) is 19.3 Å². The molecule has 1 aliphatic heterocycles. The maximum absolute atomic E-state index is 12.6. The van der Waals surface area contributed by atoms with Crippen LogP contribution in [0.3, 0.4) is 0 Å². The van der Waals surface area contributed by atoms with Crippen molar-refractivity contribution in [2.24, 2.45) is 0 Å². The van der Waals surface area contributed by atoms with Gasteiger partial charge in [-0.05, 0) is 38.9 Å². The molecule has 1 atom stereocenters. The SMILES string of the molecule is CC(CNc1cc(C(F)(F)F)ncc1N)N1CCCCC1. The molecule has 0 spiro atoms. The van der Waals surface area contributed by atoms with Crippen molar-refractivity contribution in [3.05, 3.63) is 18.0 Å². The van der Waals surface area contributed by atoms with E-state index in [0.717, 1.165) is 25.4 Å². The van der Waals surface area contributed by atoms with E-state index >= 15 is 0 Å². The molecule has 7 heteroatoms. The second-order valence-electron chi connectivity index (χ2n) is 5.48. The summed E-state index contributed by atoms with van der Waals surface area (Å²) in [7, 11) is 0. The fourth-order valence-electron chi connectivity index (χ4n) is 2.52. The standard InChI is InChI=1S/C14H21F3N4/c1-10(21-5-3-2-4-6-21)8-19-12-7-13(14(15,16)17)20-9-11(12)18/h7,9-10H,2-6,8,18H2,1H3,(H,19,20). The third-order valence-electron chi connectivity index (χ3n) is 3.83. The van der Waals surface area contributed by atoms with E-state index in [-0.39, 0.29) is 11.7 Å². The van der Waals surface area contributed by atoms with Gasteiger partial charge in [0.1, 0.15) is 5.69 Å². The average molecular weight is 302 g/mol. The zero-order valence-corrected chi connectivity index (χ0v) is 12.1. The topological polar surface area (TPSA) is 54.2 Å². The highest BCUT2D eigenvalue weighted by atomic mass is 19.4. The Morgan fingerprint density at radius 1 is 1.33 bits per heavy atom. The maximum Gasteiger partial charge on any atom is 0.433 e. The average Bonchev–Trinajstić information content (AvgIpc) is 2.45. The zero-order valence-electron chi connectivity index (χ0n) is 12.1. The van der Waals surface area contributed by atoms with Gasteiger partial charge in [0.15, 0.2) is 0 Å². The summed E-state index contributed by atoms with van der Waals surface area (Å²) in [6.45, 7) is 4.72. The highest BCUT2D eigenvalue weighted by molar-refractivity contribution is 5.65. The first-order valence-corrected chi connectivity index (χ1v) is 7.18. The van der Waals surface area contributed by atoms with E-state index in [4.69, 9.17) is 5.73 Å². The van der Waals surface area contributed by atoms with Crippen LogP contribution in [0.5, 0.6) is 0 Å². The van der Waals surface area contributed by atoms with Gasteiger partial charge >= 0.3 is 6.18 Å². The largest absolute Gasteiger partial charge is 0.433 e. The Labute approximate surface area is 122 Å². The van der Waals surface area contributed by atoms with Crippen LogP contribution >= 0.6 is 0 Å². The number of halogens is 3. The molecule has 1 aliphatic rings. The third-order valence-corrected chi connectivity index (χ3v) is 3.83. The lowest BCUT2D eigenvalue weighted by Gasteiger charge is -2.32. The van der Waals surface area contributed by atoms with Crippen molar-refractivity contribution in [1.29, 1.82) is 0 Å². The number of aromatic nitrogens is 1. The van der Waals surface area contributed by atoms with E-state index in [1.54, 1.807) is 0 Å².